The molecule has 1 N–H and O–H groups in total. The lowest BCUT2D eigenvalue weighted by atomic mass is 9.98. The number of benzene rings is 2. The highest BCUT2D eigenvalue weighted by molar-refractivity contribution is 5.99. The number of hydrogen-bond acceptors (Lipinski definition) is 5. The third kappa shape index (κ3) is 2.60. The molecule has 0 unspecified atom stereocenters. The van der Waals surface area contributed by atoms with Gasteiger partial charge in [-0.1, -0.05) is 24.3 Å². The second-order valence-electron chi connectivity index (χ2n) is 7.26. The van der Waals surface area contributed by atoms with Crippen LogP contribution in [0.4, 0.5) is 0 Å². The van der Waals surface area contributed by atoms with Gasteiger partial charge in [0.1, 0.15) is 11.3 Å². The van der Waals surface area contributed by atoms with Crippen molar-refractivity contribution in [3.8, 4) is 5.75 Å². The molecule has 2 atom stereocenters. The molecule has 6 heteroatoms. The van der Waals surface area contributed by atoms with Crippen LogP contribution in [0.3, 0.4) is 0 Å². The highest BCUT2D eigenvalue weighted by Crippen LogP contribution is 2.39. The number of phenols is 1. The van der Waals surface area contributed by atoms with Crippen LogP contribution in [0.5, 0.6) is 5.75 Å². The van der Waals surface area contributed by atoms with E-state index in [-0.39, 0.29) is 28.9 Å². The zero-order valence-electron chi connectivity index (χ0n) is 15.1. The first-order valence-electron chi connectivity index (χ1n) is 9.41. The van der Waals surface area contributed by atoms with Crippen LogP contribution in [0, 0.1) is 0 Å². The van der Waals surface area contributed by atoms with Gasteiger partial charge in [-0.2, -0.15) is 0 Å². The third-order valence-electron chi connectivity index (χ3n) is 5.51. The molecule has 1 amide bonds. The molecular formula is C22H19NO5. The zero-order valence-corrected chi connectivity index (χ0v) is 15.1. The third-order valence-corrected chi connectivity index (χ3v) is 5.51. The molecule has 2 aliphatic rings. The maximum atomic E-state index is 13.3. The molecule has 28 heavy (non-hydrogen) atoms. The van der Waals surface area contributed by atoms with E-state index in [0.717, 1.165) is 18.4 Å². The van der Waals surface area contributed by atoms with Crippen LogP contribution in [0.2, 0.25) is 0 Å². The quantitative estimate of drug-likeness (QED) is 0.758. The van der Waals surface area contributed by atoms with Crippen molar-refractivity contribution in [1.29, 1.82) is 0 Å². The van der Waals surface area contributed by atoms with Gasteiger partial charge in [-0.25, -0.2) is 0 Å². The minimum absolute atomic E-state index is 0.0533. The van der Waals surface area contributed by atoms with Gasteiger partial charge in [0.25, 0.3) is 5.91 Å². The first-order valence-corrected chi connectivity index (χ1v) is 9.41. The van der Waals surface area contributed by atoms with Gasteiger partial charge < -0.3 is 19.2 Å². The summed E-state index contributed by atoms with van der Waals surface area (Å²) < 4.78 is 11.6. The van der Waals surface area contributed by atoms with Crippen molar-refractivity contribution in [2.24, 2.45) is 0 Å². The lowest BCUT2D eigenvalue weighted by Gasteiger charge is -2.27. The van der Waals surface area contributed by atoms with Gasteiger partial charge in [-0.3, -0.25) is 9.59 Å². The predicted molar refractivity (Wildman–Crippen MR) is 102 cm³/mol. The first kappa shape index (κ1) is 17.0. The van der Waals surface area contributed by atoms with Crippen LogP contribution >= 0.6 is 0 Å². The number of nitrogens with zero attached hydrogens (tertiary/aromatic N) is 1. The second-order valence-corrected chi connectivity index (χ2v) is 7.26. The fraction of sp³-hybridized carbons (Fsp3) is 0.273. The second kappa shape index (κ2) is 6.49. The smallest absolute Gasteiger partial charge is 0.291 e. The monoisotopic (exact) mass is 377 g/mol. The maximum Gasteiger partial charge on any atom is 0.291 e. The van der Waals surface area contributed by atoms with Crippen molar-refractivity contribution in [2.75, 3.05) is 13.2 Å². The highest BCUT2D eigenvalue weighted by Gasteiger charge is 2.43. The topological polar surface area (TPSA) is 80.0 Å². The predicted octanol–water partition coefficient (Wildman–Crippen LogP) is 3.22. The van der Waals surface area contributed by atoms with Gasteiger partial charge in [0.05, 0.1) is 23.1 Å². The number of fused-ring (bicyclic) bond motifs is 2. The van der Waals surface area contributed by atoms with Crippen molar-refractivity contribution in [3.63, 3.8) is 0 Å². The van der Waals surface area contributed by atoms with Gasteiger partial charge >= 0.3 is 0 Å². The Morgan fingerprint density at radius 2 is 1.86 bits per heavy atom. The largest absolute Gasteiger partial charge is 0.508 e. The van der Waals surface area contributed by atoms with Crippen LogP contribution in [0.1, 0.15) is 40.6 Å². The molecule has 5 rings (SSSR count). The van der Waals surface area contributed by atoms with Gasteiger partial charge in [0.2, 0.25) is 5.76 Å². The number of hydrogen-bond donors (Lipinski definition) is 1. The minimum Gasteiger partial charge on any atom is -0.508 e. The van der Waals surface area contributed by atoms with E-state index in [4.69, 9.17) is 9.15 Å². The van der Waals surface area contributed by atoms with E-state index >= 15 is 0 Å². The average Bonchev–Trinajstić information content (AvgIpc) is 3.31. The van der Waals surface area contributed by atoms with Gasteiger partial charge in [-0.15, -0.1) is 0 Å². The SMILES string of the molecule is O=C1c2oc3ccccc3c(=O)c2[C@H](c2ccc(O)cc2)N1C[C@H]1CCCO1. The Hall–Kier alpha value is -3.12. The summed E-state index contributed by atoms with van der Waals surface area (Å²) in [5, 5.41) is 10.1. The van der Waals surface area contributed by atoms with Gasteiger partial charge in [0, 0.05) is 13.2 Å². The molecule has 3 heterocycles. The molecule has 2 aromatic carbocycles. The lowest BCUT2D eigenvalue weighted by molar-refractivity contribution is 0.0486. The molecule has 0 spiro atoms. The van der Waals surface area contributed by atoms with Crippen LogP contribution in [-0.4, -0.2) is 35.2 Å². The molecule has 1 fully saturated rings. The summed E-state index contributed by atoms with van der Waals surface area (Å²) in [7, 11) is 0. The molecule has 0 saturated carbocycles. The van der Waals surface area contributed by atoms with E-state index in [1.54, 1.807) is 53.4 Å². The molecule has 0 bridgehead atoms. The average molecular weight is 377 g/mol. The standard InChI is InChI=1S/C22H19NO5/c24-14-9-7-13(8-10-14)19-18-20(25)16-5-1-2-6-17(16)28-21(18)22(26)23(19)12-15-4-3-11-27-15/h1-2,5-10,15,19,24H,3-4,11-12H2/t15-,19+/m1/s1. The number of aromatic hydroxyl groups is 1. The zero-order chi connectivity index (χ0) is 19.3. The number of para-hydroxylation sites is 1. The van der Waals surface area contributed by atoms with E-state index in [0.29, 0.717) is 29.7 Å². The summed E-state index contributed by atoms with van der Waals surface area (Å²) in [4.78, 5) is 28.2. The molecule has 0 radical (unpaired) electrons. The van der Waals surface area contributed by atoms with Gasteiger partial charge in [-0.05, 0) is 42.7 Å². The normalized spacial score (nSPS) is 21.4. The molecule has 3 aromatic rings. The summed E-state index contributed by atoms with van der Waals surface area (Å²) in [6, 6.07) is 13.0. The molecular weight excluding hydrogens is 358 g/mol. The lowest BCUT2D eigenvalue weighted by Crippen LogP contribution is -2.36. The minimum atomic E-state index is -0.562. The number of carbonyl (C=O) groups excluding carboxylic acids is 1. The van der Waals surface area contributed by atoms with Crippen molar-refractivity contribution < 1.29 is 19.1 Å². The number of rotatable bonds is 3. The fourth-order valence-electron chi connectivity index (χ4n) is 4.17. The highest BCUT2D eigenvalue weighted by atomic mass is 16.5. The van der Waals surface area contributed by atoms with E-state index in [2.05, 4.69) is 0 Å². The van der Waals surface area contributed by atoms with Crippen molar-refractivity contribution in [2.45, 2.75) is 25.0 Å². The van der Waals surface area contributed by atoms with E-state index in [9.17, 15) is 14.7 Å². The summed E-state index contributed by atoms with van der Waals surface area (Å²) in [6.07, 6.45) is 1.79. The molecule has 1 aromatic heterocycles. The molecule has 1 saturated heterocycles. The Balaban J connectivity index is 1.70. The van der Waals surface area contributed by atoms with Crippen LogP contribution < -0.4 is 5.43 Å². The number of carbonyl (C=O) groups is 1. The summed E-state index contributed by atoms with van der Waals surface area (Å²) >= 11 is 0. The summed E-state index contributed by atoms with van der Waals surface area (Å²) in [6.45, 7) is 1.08. The molecule has 6 nitrogen and oxygen atoms in total. The number of amides is 1. The number of ether oxygens (including phenoxy) is 1. The first-order chi connectivity index (χ1) is 13.6. The molecule has 0 aliphatic carbocycles. The Morgan fingerprint density at radius 3 is 2.61 bits per heavy atom. The molecule has 142 valence electrons. The Labute approximate surface area is 161 Å². The number of phenolic OH excluding ortho intramolecular Hbond substituents is 1. The molecule has 2 aliphatic heterocycles. The van der Waals surface area contributed by atoms with E-state index in [1.807, 2.05) is 0 Å². The van der Waals surface area contributed by atoms with Crippen molar-refractivity contribution in [1.82, 2.24) is 4.90 Å². The van der Waals surface area contributed by atoms with Crippen LogP contribution in [0.15, 0.2) is 57.7 Å². The summed E-state index contributed by atoms with van der Waals surface area (Å²) in [5.41, 5.74) is 1.32. The van der Waals surface area contributed by atoms with Gasteiger partial charge in [0.15, 0.2) is 5.43 Å². The summed E-state index contributed by atoms with van der Waals surface area (Å²) in [5.74, 6) is -0.0734. The Kier molecular flexibility index (Phi) is 3.94. The Bertz CT molecular complexity index is 1110. The van der Waals surface area contributed by atoms with E-state index in [1.165, 1.54) is 0 Å². The van der Waals surface area contributed by atoms with Crippen molar-refractivity contribution in [3.05, 3.63) is 75.6 Å². The fourth-order valence-corrected chi connectivity index (χ4v) is 4.17. The van der Waals surface area contributed by atoms with Crippen LogP contribution in [-0.2, 0) is 4.74 Å². The van der Waals surface area contributed by atoms with Crippen molar-refractivity contribution >= 4 is 16.9 Å². The van der Waals surface area contributed by atoms with Crippen LogP contribution in [0.25, 0.3) is 11.0 Å². The Morgan fingerprint density at radius 1 is 1.07 bits per heavy atom. The van der Waals surface area contributed by atoms with E-state index < -0.39 is 6.04 Å². The maximum absolute atomic E-state index is 13.3.